The molecule has 1 unspecified atom stereocenters. The number of halogens is 7. The Balaban J connectivity index is 1.34. The first-order valence-corrected chi connectivity index (χ1v) is 15.6. The summed E-state index contributed by atoms with van der Waals surface area (Å²) >= 11 is 0. The van der Waals surface area contributed by atoms with Gasteiger partial charge >= 0.3 is 6.18 Å². The Morgan fingerprint density at radius 3 is 2.55 bits per heavy atom. The average Bonchev–Trinajstić information content (AvgIpc) is 3.53. The number of benzene rings is 2. The number of carbonyl (C=O) groups excluding carboxylic acids is 1. The van der Waals surface area contributed by atoms with E-state index in [0.717, 1.165) is 12.1 Å². The first-order chi connectivity index (χ1) is 23.9. The lowest BCUT2D eigenvalue weighted by atomic mass is 9.94. The zero-order valence-electron chi connectivity index (χ0n) is 26.7. The number of nitrogens with zero attached hydrogens (tertiary/aromatic N) is 4. The Kier molecular flexibility index (Phi) is 7.90. The van der Waals surface area contributed by atoms with Crippen LogP contribution in [-0.2, 0) is 29.9 Å². The molecule has 1 amide bonds. The van der Waals surface area contributed by atoms with Gasteiger partial charge in [0.1, 0.15) is 35.2 Å². The second-order valence-electron chi connectivity index (χ2n) is 13.1. The van der Waals surface area contributed by atoms with E-state index in [0.29, 0.717) is 27.3 Å². The minimum atomic E-state index is -5.04. The van der Waals surface area contributed by atoms with Gasteiger partial charge in [-0.1, -0.05) is 23.2 Å². The van der Waals surface area contributed by atoms with Crippen LogP contribution in [0.1, 0.15) is 66.1 Å². The number of hydrogen-bond acceptors (Lipinski definition) is 7. The summed E-state index contributed by atoms with van der Waals surface area (Å²) in [6, 6.07) is 9.38. The lowest BCUT2D eigenvalue weighted by molar-refractivity contribution is -0.142. The number of hydrogen-bond donors (Lipinski definition) is 3. The SMILES string of the molecule is CC(C)(O)C#Cc1ccc(-c2cccc3c(N)noc23)c(C(Cc2cc(F)cc(F)c2)NC(=O)Cn2nc(C(F)(F)F)c3c2C(F)(F)[C@@H]2C[C@H]32)n1. The Morgan fingerprint density at radius 2 is 1.86 bits per heavy atom. The Hall–Kier alpha value is -5.43. The molecule has 5 aromatic rings. The van der Waals surface area contributed by atoms with Gasteiger partial charge < -0.3 is 20.7 Å². The summed E-state index contributed by atoms with van der Waals surface area (Å²) in [5, 5.41) is 20.5. The maximum atomic E-state index is 15.3. The van der Waals surface area contributed by atoms with Crippen molar-refractivity contribution in [3.8, 4) is 23.0 Å². The lowest BCUT2D eigenvalue weighted by Gasteiger charge is -2.23. The predicted molar refractivity (Wildman–Crippen MR) is 168 cm³/mol. The van der Waals surface area contributed by atoms with Gasteiger partial charge in [-0.2, -0.15) is 27.1 Å². The quantitative estimate of drug-likeness (QED) is 0.132. The summed E-state index contributed by atoms with van der Waals surface area (Å²) in [7, 11) is 0. The Labute approximate surface area is 284 Å². The van der Waals surface area contributed by atoms with Gasteiger partial charge in [-0.3, -0.25) is 9.48 Å². The third-order valence-electron chi connectivity index (χ3n) is 8.76. The summed E-state index contributed by atoms with van der Waals surface area (Å²) in [6.07, 6.45) is -5.50. The van der Waals surface area contributed by atoms with Gasteiger partial charge in [0.05, 0.1) is 17.1 Å². The van der Waals surface area contributed by atoms with Crippen LogP contribution < -0.4 is 11.1 Å². The van der Waals surface area contributed by atoms with Gasteiger partial charge in [0.15, 0.2) is 17.1 Å². The number of nitrogens with two attached hydrogens (primary N) is 1. The van der Waals surface area contributed by atoms with Crippen LogP contribution in [0.25, 0.3) is 22.1 Å². The number of amides is 1. The second kappa shape index (κ2) is 11.8. The van der Waals surface area contributed by atoms with Crippen molar-refractivity contribution in [1.82, 2.24) is 25.2 Å². The number of carbonyl (C=O) groups is 1. The minimum absolute atomic E-state index is 0.0475. The number of aromatic nitrogens is 4. The molecule has 264 valence electrons. The molecule has 16 heteroatoms. The summed E-state index contributed by atoms with van der Waals surface area (Å²) in [5.41, 5.74) is 2.59. The Morgan fingerprint density at radius 1 is 1.14 bits per heavy atom. The van der Waals surface area contributed by atoms with E-state index in [-0.39, 0.29) is 41.2 Å². The highest BCUT2D eigenvalue weighted by Gasteiger charge is 2.68. The van der Waals surface area contributed by atoms with Crippen LogP contribution in [0.3, 0.4) is 0 Å². The van der Waals surface area contributed by atoms with Crippen molar-refractivity contribution in [3.63, 3.8) is 0 Å². The van der Waals surface area contributed by atoms with Crippen molar-refractivity contribution in [3.05, 3.63) is 94.1 Å². The van der Waals surface area contributed by atoms with Crippen LogP contribution in [0, 0.1) is 29.4 Å². The highest BCUT2D eigenvalue weighted by atomic mass is 19.4. The number of fused-ring (bicyclic) bond motifs is 4. The molecular formula is C35H27F7N6O3. The molecule has 3 aromatic heterocycles. The average molecular weight is 713 g/mol. The van der Waals surface area contributed by atoms with E-state index >= 15 is 8.78 Å². The molecule has 0 aliphatic heterocycles. The summed E-state index contributed by atoms with van der Waals surface area (Å²) in [4.78, 5) is 18.3. The number of para-hydroxylation sites is 1. The van der Waals surface area contributed by atoms with E-state index < -0.39 is 76.6 Å². The summed E-state index contributed by atoms with van der Waals surface area (Å²) < 4.78 is 107. The Bertz CT molecular complexity index is 2260. The monoisotopic (exact) mass is 712 g/mol. The van der Waals surface area contributed by atoms with E-state index in [4.69, 9.17) is 10.3 Å². The molecule has 0 bridgehead atoms. The molecule has 51 heavy (non-hydrogen) atoms. The fourth-order valence-electron chi connectivity index (χ4n) is 6.60. The second-order valence-corrected chi connectivity index (χ2v) is 13.1. The van der Waals surface area contributed by atoms with Crippen molar-refractivity contribution in [2.24, 2.45) is 5.92 Å². The number of aliphatic hydroxyl groups is 1. The molecule has 4 N–H and O–H groups in total. The zero-order valence-corrected chi connectivity index (χ0v) is 26.7. The molecule has 0 spiro atoms. The molecule has 3 atom stereocenters. The summed E-state index contributed by atoms with van der Waals surface area (Å²) in [5.74, 6) is -3.45. The maximum absolute atomic E-state index is 15.3. The molecule has 0 radical (unpaired) electrons. The molecule has 1 fully saturated rings. The normalized spacial score (nSPS) is 18.2. The number of nitrogen functional groups attached to an aromatic ring is 1. The smallest absolute Gasteiger partial charge is 0.380 e. The van der Waals surface area contributed by atoms with Crippen molar-refractivity contribution in [2.75, 3.05) is 5.73 Å². The first-order valence-electron chi connectivity index (χ1n) is 15.6. The number of anilines is 1. The standard InChI is InChI=1S/C35H27F7N6O3/c1-33(2,50)9-8-19-6-7-20(21-4-3-5-22-29(21)51-47-32(22)43)28(44-19)25(12-16-10-17(36)13-18(37)11-16)45-26(49)15-48-31-27(30(46-48)35(40,41)42)23-14-24(23)34(31,38)39/h3-7,10-11,13,23-25,50H,12,14-15H2,1-2H3,(H2,43,47)(H,45,49)/t23-,24+,25?/m0/s1. The lowest BCUT2D eigenvalue weighted by Crippen LogP contribution is -2.35. The molecule has 2 aromatic carbocycles. The van der Waals surface area contributed by atoms with Gasteiger partial charge in [-0.05, 0) is 74.4 Å². The maximum Gasteiger partial charge on any atom is 0.435 e. The summed E-state index contributed by atoms with van der Waals surface area (Å²) in [6.45, 7) is 1.84. The molecule has 9 nitrogen and oxygen atoms in total. The van der Waals surface area contributed by atoms with Crippen LogP contribution in [0.15, 0.2) is 53.1 Å². The minimum Gasteiger partial charge on any atom is -0.380 e. The van der Waals surface area contributed by atoms with Crippen LogP contribution >= 0.6 is 0 Å². The van der Waals surface area contributed by atoms with Crippen molar-refractivity contribution >= 4 is 22.7 Å². The van der Waals surface area contributed by atoms with Gasteiger partial charge in [0, 0.05) is 28.7 Å². The molecule has 3 heterocycles. The van der Waals surface area contributed by atoms with Crippen LogP contribution in [0.2, 0.25) is 0 Å². The van der Waals surface area contributed by atoms with Gasteiger partial charge in [0.2, 0.25) is 5.91 Å². The van der Waals surface area contributed by atoms with Crippen LogP contribution in [-0.4, -0.2) is 36.5 Å². The number of rotatable bonds is 7. The number of pyridine rings is 1. The van der Waals surface area contributed by atoms with Crippen molar-refractivity contribution < 1.29 is 45.2 Å². The van der Waals surface area contributed by atoms with E-state index in [1.165, 1.54) is 19.9 Å². The third-order valence-corrected chi connectivity index (χ3v) is 8.76. The molecular weight excluding hydrogens is 685 g/mol. The van der Waals surface area contributed by atoms with E-state index in [2.05, 4.69) is 32.4 Å². The van der Waals surface area contributed by atoms with Gasteiger partial charge in [-0.25, -0.2) is 13.8 Å². The van der Waals surface area contributed by atoms with E-state index in [1.54, 1.807) is 24.3 Å². The zero-order chi connectivity index (χ0) is 36.6. The number of nitrogens with one attached hydrogen (secondary N) is 1. The van der Waals surface area contributed by atoms with Crippen molar-refractivity contribution in [2.45, 2.75) is 62.9 Å². The molecule has 2 aliphatic rings. The first kappa shape index (κ1) is 34.0. The highest BCUT2D eigenvalue weighted by Crippen LogP contribution is 2.68. The van der Waals surface area contributed by atoms with E-state index in [9.17, 15) is 31.9 Å². The van der Waals surface area contributed by atoms with Gasteiger partial charge in [0.25, 0.3) is 5.92 Å². The van der Waals surface area contributed by atoms with Gasteiger partial charge in [-0.15, -0.1) is 0 Å². The fourth-order valence-corrected chi connectivity index (χ4v) is 6.60. The highest BCUT2D eigenvalue weighted by molar-refractivity contribution is 5.98. The third kappa shape index (κ3) is 6.37. The molecule has 2 aliphatic carbocycles. The largest absolute Gasteiger partial charge is 0.435 e. The molecule has 1 saturated carbocycles. The van der Waals surface area contributed by atoms with E-state index in [1.807, 2.05) is 0 Å². The predicted octanol–water partition coefficient (Wildman–Crippen LogP) is 6.40. The topological polar surface area (TPSA) is 132 Å². The fraction of sp³-hybridized carbons (Fsp3) is 0.314. The van der Waals surface area contributed by atoms with Crippen molar-refractivity contribution in [1.29, 1.82) is 0 Å². The molecule has 0 saturated heterocycles. The van der Waals surface area contributed by atoms with Crippen LogP contribution in [0.5, 0.6) is 0 Å². The van der Waals surface area contributed by atoms with Crippen LogP contribution in [0.4, 0.5) is 36.6 Å². The number of alkyl halides is 5. The molecule has 7 rings (SSSR count).